The highest BCUT2D eigenvalue weighted by Crippen LogP contribution is 2.45. The Morgan fingerprint density at radius 1 is 1.11 bits per heavy atom. The van der Waals surface area contributed by atoms with Gasteiger partial charge in [0.05, 0.1) is 28.6 Å². The summed E-state index contributed by atoms with van der Waals surface area (Å²) in [5, 5.41) is 22.9. The highest BCUT2D eigenvalue weighted by Gasteiger charge is 2.36. The summed E-state index contributed by atoms with van der Waals surface area (Å²) in [5.41, 5.74) is 2.80. The molecule has 3 atom stereocenters. The van der Waals surface area contributed by atoms with Crippen molar-refractivity contribution in [3.05, 3.63) is 71.7 Å². The molecule has 3 unspecified atom stereocenters. The van der Waals surface area contributed by atoms with Crippen LogP contribution in [0.5, 0.6) is 0 Å². The van der Waals surface area contributed by atoms with Crippen molar-refractivity contribution in [2.75, 3.05) is 0 Å². The Morgan fingerprint density at radius 2 is 1.95 bits per heavy atom. The van der Waals surface area contributed by atoms with E-state index in [1.165, 1.54) is 21.8 Å². The zero-order valence-electron chi connectivity index (χ0n) is 19.9. The van der Waals surface area contributed by atoms with Gasteiger partial charge in [0, 0.05) is 36.1 Å². The van der Waals surface area contributed by atoms with Crippen molar-refractivity contribution in [1.29, 1.82) is 0 Å². The van der Waals surface area contributed by atoms with Crippen molar-refractivity contribution in [2.45, 2.75) is 25.8 Å². The first kappa shape index (κ1) is 23.3. The molecule has 5 aromatic rings. The SMILES string of the molecule is CC1CC1CC(c1ccc(-c2c(-n3cnnn3)ccc(Cl)c2F)cn1)n1cc(-c2c(F)nnn2C)cn1. The van der Waals surface area contributed by atoms with Crippen LogP contribution in [0.25, 0.3) is 28.1 Å². The fourth-order valence-corrected chi connectivity index (χ4v) is 4.83. The molecule has 1 aromatic carbocycles. The molecular formula is C24H21ClF2N10. The Labute approximate surface area is 214 Å². The maximum absolute atomic E-state index is 15.2. The third-order valence-electron chi connectivity index (χ3n) is 6.87. The van der Waals surface area contributed by atoms with E-state index in [4.69, 9.17) is 16.6 Å². The minimum absolute atomic E-state index is 0.0162. The quantitative estimate of drug-likeness (QED) is 0.314. The molecule has 0 aliphatic heterocycles. The van der Waals surface area contributed by atoms with Gasteiger partial charge < -0.3 is 0 Å². The molecule has 6 rings (SSSR count). The lowest BCUT2D eigenvalue weighted by Crippen LogP contribution is -2.14. The van der Waals surface area contributed by atoms with Gasteiger partial charge in [-0.2, -0.15) is 14.2 Å². The average molecular weight is 523 g/mol. The van der Waals surface area contributed by atoms with Gasteiger partial charge in [0.25, 0.3) is 5.95 Å². The van der Waals surface area contributed by atoms with Crippen LogP contribution >= 0.6 is 11.6 Å². The van der Waals surface area contributed by atoms with Gasteiger partial charge in [-0.25, -0.2) is 9.07 Å². The fraction of sp³-hybridized carbons (Fsp3) is 0.292. The number of pyridine rings is 1. The van der Waals surface area contributed by atoms with Crippen LogP contribution in [0.3, 0.4) is 0 Å². The Balaban J connectivity index is 1.37. The lowest BCUT2D eigenvalue weighted by atomic mass is 10.0. The second-order valence-electron chi connectivity index (χ2n) is 9.27. The number of aromatic nitrogens is 10. The van der Waals surface area contributed by atoms with Gasteiger partial charge in [-0.05, 0) is 53.3 Å². The molecule has 13 heteroatoms. The van der Waals surface area contributed by atoms with Gasteiger partial charge in [-0.15, -0.1) is 5.10 Å². The summed E-state index contributed by atoms with van der Waals surface area (Å²) < 4.78 is 33.9. The molecule has 4 heterocycles. The Bertz CT molecular complexity index is 1540. The average Bonchev–Trinajstić information content (AvgIpc) is 3.33. The van der Waals surface area contributed by atoms with Crippen molar-refractivity contribution in [2.24, 2.45) is 18.9 Å². The standard InChI is InChI=1S/C24H21ClF2N10/c1-13-7-15(13)8-20(36-11-16(10-30-36)23-24(27)31-33-35(23)2)18-5-3-14(9-28-18)21-19(37-12-29-32-34-37)6-4-17(25)22(21)26/h3-6,9-13,15,20H,7-8H2,1-2H3. The molecule has 37 heavy (non-hydrogen) atoms. The first-order chi connectivity index (χ1) is 17.9. The Morgan fingerprint density at radius 3 is 2.59 bits per heavy atom. The first-order valence-electron chi connectivity index (χ1n) is 11.7. The molecule has 1 aliphatic carbocycles. The van der Waals surface area contributed by atoms with Crippen LogP contribution in [-0.4, -0.2) is 50.0 Å². The molecule has 10 nitrogen and oxygen atoms in total. The molecule has 1 saturated carbocycles. The summed E-state index contributed by atoms with van der Waals surface area (Å²) in [4.78, 5) is 4.70. The predicted octanol–water partition coefficient (Wildman–Crippen LogP) is 4.28. The van der Waals surface area contributed by atoms with Crippen molar-refractivity contribution in [3.63, 3.8) is 0 Å². The third-order valence-corrected chi connectivity index (χ3v) is 7.16. The first-order valence-corrected chi connectivity index (χ1v) is 12.1. The second kappa shape index (κ2) is 9.11. The highest BCUT2D eigenvalue weighted by atomic mass is 35.5. The summed E-state index contributed by atoms with van der Waals surface area (Å²) in [7, 11) is 1.63. The molecule has 0 spiro atoms. The number of aryl methyl sites for hydroxylation is 1. The van der Waals surface area contributed by atoms with Gasteiger partial charge in [-0.1, -0.05) is 34.9 Å². The van der Waals surface area contributed by atoms with Crippen molar-refractivity contribution < 1.29 is 8.78 Å². The minimum Gasteiger partial charge on any atom is -0.263 e. The highest BCUT2D eigenvalue weighted by molar-refractivity contribution is 6.31. The molecule has 1 aliphatic rings. The molecule has 0 bridgehead atoms. The molecule has 188 valence electrons. The van der Waals surface area contributed by atoms with Crippen molar-refractivity contribution in [1.82, 2.24) is 50.0 Å². The van der Waals surface area contributed by atoms with E-state index in [1.54, 1.807) is 42.5 Å². The summed E-state index contributed by atoms with van der Waals surface area (Å²) in [5.74, 6) is -0.0871. The van der Waals surface area contributed by atoms with Crippen LogP contribution in [0, 0.1) is 23.6 Å². The van der Waals surface area contributed by atoms with Gasteiger partial charge >= 0.3 is 0 Å². The van der Waals surface area contributed by atoms with E-state index in [1.807, 2.05) is 6.07 Å². The zero-order valence-corrected chi connectivity index (χ0v) is 20.6. The van der Waals surface area contributed by atoms with Crippen LogP contribution < -0.4 is 0 Å². The monoisotopic (exact) mass is 522 g/mol. The van der Waals surface area contributed by atoms with Crippen LogP contribution in [0.15, 0.2) is 49.2 Å². The summed E-state index contributed by atoms with van der Waals surface area (Å²) in [6.45, 7) is 2.21. The van der Waals surface area contributed by atoms with E-state index in [0.29, 0.717) is 28.7 Å². The number of rotatable bonds is 7. The number of halogens is 3. The smallest absolute Gasteiger partial charge is 0.260 e. The largest absolute Gasteiger partial charge is 0.263 e. The molecule has 0 amide bonds. The third kappa shape index (κ3) is 4.26. The summed E-state index contributed by atoms with van der Waals surface area (Å²) in [6, 6.07) is 6.57. The van der Waals surface area contributed by atoms with E-state index in [9.17, 15) is 4.39 Å². The molecule has 0 N–H and O–H groups in total. The van der Waals surface area contributed by atoms with Gasteiger partial charge in [-0.3, -0.25) is 9.67 Å². The Hall–Kier alpha value is -4.06. The number of tetrazole rings is 1. The number of nitrogens with zero attached hydrogens (tertiary/aromatic N) is 10. The molecule has 0 radical (unpaired) electrons. The predicted molar refractivity (Wildman–Crippen MR) is 130 cm³/mol. The molecule has 1 fully saturated rings. The van der Waals surface area contributed by atoms with Crippen LogP contribution in [0.4, 0.5) is 8.78 Å². The van der Waals surface area contributed by atoms with Gasteiger partial charge in [0.1, 0.15) is 12.0 Å². The van der Waals surface area contributed by atoms with Crippen LogP contribution in [-0.2, 0) is 7.05 Å². The van der Waals surface area contributed by atoms with E-state index >= 15 is 4.39 Å². The topological polar surface area (TPSA) is 105 Å². The number of hydrogen-bond acceptors (Lipinski definition) is 7. The van der Waals surface area contributed by atoms with E-state index in [0.717, 1.165) is 18.5 Å². The zero-order chi connectivity index (χ0) is 25.7. The summed E-state index contributed by atoms with van der Waals surface area (Å²) >= 11 is 6.10. The van der Waals surface area contributed by atoms with E-state index in [2.05, 4.69) is 37.9 Å². The fourth-order valence-electron chi connectivity index (χ4n) is 4.68. The van der Waals surface area contributed by atoms with E-state index < -0.39 is 11.8 Å². The Kier molecular flexibility index (Phi) is 5.75. The number of benzene rings is 1. The van der Waals surface area contributed by atoms with Crippen LogP contribution in [0.2, 0.25) is 5.02 Å². The van der Waals surface area contributed by atoms with Crippen LogP contribution in [0.1, 0.15) is 31.5 Å². The second-order valence-corrected chi connectivity index (χ2v) is 9.67. The van der Waals surface area contributed by atoms with Gasteiger partial charge in [0.15, 0.2) is 5.82 Å². The maximum Gasteiger partial charge on any atom is 0.260 e. The number of hydrogen-bond donors (Lipinski definition) is 0. The molecular weight excluding hydrogens is 502 g/mol. The van der Waals surface area contributed by atoms with Crippen molar-refractivity contribution in [3.8, 4) is 28.1 Å². The molecule has 0 saturated heterocycles. The normalized spacial score (nSPS) is 17.8. The summed E-state index contributed by atoms with van der Waals surface area (Å²) in [6.07, 6.45) is 8.32. The molecule has 4 aromatic heterocycles. The van der Waals surface area contributed by atoms with E-state index in [-0.39, 0.29) is 22.3 Å². The van der Waals surface area contributed by atoms with Crippen molar-refractivity contribution >= 4 is 11.6 Å². The lowest BCUT2D eigenvalue weighted by Gasteiger charge is -2.18. The van der Waals surface area contributed by atoms with Gasteiger partial charge in [0.2, 0.25) is 0 Å². The minimum atomic E-state index is -0.654. The lowest BCUT2D eigenvalue weighted by molar-refractivity contribution is 0.445. The maximum atomic E-state index is 15.2.